The minimum Gasteiger partial charge on any atom is -0.496 e. The molecule has 0 amide bonds. The Labute approximate surface area is 126 Å². The van der Waals surface area contributed by atoms with Crippen molar-refractivity contribution in [1.29, 1.82) is 0 Å². The summed E-state index contributed by atoms with van der Waals surface area (Å²) in [6.45, 7) is 0.908. The van der Waals surface area contributed by atoms with Crippen LogP contribution in [0.3, 0.4) is 0 Å². The van der Waals surface area contributed by atoms with Crippen LogP contribution in [0.2, 0.25) is 0 Å². The SMILES string of the molecule is COc1ccc(C(N)CCC2CCCO2)c2ccccc12. The number of fused-ring (bicyclic) bond motifs is 1. The Bertz CT molecular complexity index is 605. The topological polar surface area (TPSA) is 44.5 Å². The fourth-order valence-electron chi connectivity index (χ4n) is 3.19. The van der Waals surface area contributed by atoms with E-state index in [-0.39, 0.29) is 6.04 Å². The van der Waals surface area contributed by atoms with Crippen LogP contribution in [0.5, 0.6) is 5.75 Å². The molecule has 1 aliphatic heterocycles. The first-order valence-corrected chi connectivity index (χ1v) is 7.72. The summed E-state index contributed by atoms with van der Waals surface area (Å²) >= 11 is 0. The van der Waals surface area contributed by atoms with Gasteiger partial charge in [0.1, 0.15) is 5.75 Å². The maximum Gasteiger partial charge on any atom is 0.126 e. The number of nitrogens with two attached hydrogens (primary N) is 1. The maximum atomic E-state index is 6.43. The van der Waals surface area contributed by atoms with Crippen LogP contribution in [0.1, 0.15) is 37.3 Å². The third kappa shape index (κ3) is 3.04. The van der Waals surface area contributed by atoms with Crippen LogP contribution in [0.15, 0.2) is 36.4 Å². The zero-order chi connectivity index (χ0) is 14.7. The summed E-state index contributed by atoms with van der Waals surface area (Å²) in [5.74, 6) is 0.903. The molecule has 1 heterocycles. The summed E-state index contributed by atoms with van der Waals surface area (Å²) in [6, 6.07) is 12.5. The maximum absolute atomic E-state index is 6.43. The normalized spacial score (nSPS) is 19.8. The number of rotatable bonds is 5. The summed E-state index contributed by atoms with van der Waals surface area (Å²) in [6.07, 6.45) is 4.77. The van der Waals surface area contributed by atoms with Gasteiger partial charge in [0.25, 0.3) is 0 Å². The molecular formula is C18H23NO2. The molecule has 0 aromatic heterocycles. The number of methoxy groups -OCH3 is 1. The second-order valence-electron chi connectivity index (χ2n) is 5.72. The molecule has 3 rings (SSSR count). The molecule has 3 heteroatoms. The van der Waals surface area contributed by atoms with Crippen molar-refractivity contribution in [2.24, 2.45) is 5.73 Å². The highest BCUT2D eigenvalue weighted by molar-refractivity contribution is 5.91. The van der Waals surface area contributed by atoms with E-state index in [1.54, 1.807) is 7.11 Å². The van der Waals surface area contributed by atoms with Gasteiger partial charge in [0.05, 0.1) is 13.2 Å². The molecule has 21 heavy (non-hydrogen) atoms. The molecule has 1 fully saturated rings. The molecule has 2 aromatic rings. The second-order valence-corrected chi connectivity index (χ2v) is 5.72. The number of ether oxygens (including phenoxy) is 2. The number of hydrogen-bond donors (Lipinski definition) is 1. The Kier molecular flexibility index (Phi) is 4.42. The van der Waals surface area contributed by atoms with Crippen LogP contribution in [-0.2, 0) is 4.74 Å². The van der Waals surface area contributed by atoms with E-state index in [0.29, 0.717) is 6.10 Å². The first-order chi connectivity index (χ1) is 10.3. The Balaban J connectivity index is 1.82. The van der Waals surface area contributed by atoms with Gasteiger partial charge in [0, 0.05) is 18.0 Å². The van der Waals surface area contributed by atoms with E-state index in [1.165, 1.54) is 23.8 Å². The quantitative estimate of drug-likeness (QED) is 0.908. The lowest BCUT2D eigenvalue weighted by atomic mass is 9.94. The zero-order valence-electron chi connectivity index (χ0n) is 12.5. The Hall–Kier alpha value is -1.58. The van der Waals surface area contributed by atoms with E-state index in [4.69, 9.17) is 15.2 Å². The van der Waals surface area contributed by atoms with E-state index in [0.717, 1.165) is 30.6 Å². The molecule has 0 radical (unpaired) electrons. The van der Waals surface area contributed by atoms with Crippen molar-refractivity contribution in [3.63, 3.8) is 0 Å². The number of hydrogen-bond acceptors (Lipinski definition) is 3. The molecule has 1 saturated heterocycles. The Morgan fingerprint density at radius 2 is 2.05 bits per heavy atom. The van der Waals surface area contributed by atoms with E-state index in [1.807, 2.05) is 12.1 Å². The lowest BCUT2D eigenvalue weighted by Crippen LogP contribution is -2.14. The van der Waals surface area contributed by atoms with Crippen LogP contribution in [0, 0.1) is 0 Å². The van der Waals surface area contributed by atoms with Gasteiger partial charge in [-0.3, -0.25) is 0 Å². The van der Waals surface area contributed by atoms with Gasteiger partial charge in [-0.05, 0) is 42.7 Å². The van der Waals surface area contributed by atoms with Crippen LogP contribution >= 0.6 is 0 Å². The first kappa shape index (κ1) is 14.4. The predicted octanol–water partition coefficient (Wildman–Crippen LogP) is 3.81. The van der Waals surface area contributed by atoms with Crippen molar-refractivity contribution < 1.29 is 9.47 Å². The summed E-state index contributed by atoms with van der Waals surface area (Å²) in [4.78, 5) is 0. The lowest BCUT2D eigenvalue weighted by molar-refractivity contribution is 0.101. The molecular weight excluding hydrogens is 262 g/mol. The minimum absolute atomic E-state index is 0.0463. The molecule has 2 aromatic carbocycles. The first-order valence-electron chi connectivity index (χ1n) is 7.72. The summed E-state index contributed by atoms with van der Waals surface area (Å²) < 4.78 is 11.1. The zero-order valence-corrected chi connectivity index (χ0v) is 12.5. The Morgan fingerprint density at radius 3 is 2.76 bits per heavy atom. The molecule has 2 unspecified atom stereocenters. The molecule has 0 saturated carbocycles. The van der Waals surface area contributed by atoms with Crippen molar-refractivity contribution in [3.05, 3.63) is 42.0 Å². The highest BCUT2D eigenvalue weighted by atomic mass is 16.5. The van der Waals surface area contributed by atoms with E-state index < -0.39 is 0 Å². The van der Waals surface area contributed by atoms with Gasteiger partial charge < -0.3 is 15.2 Å². The molecule has 0 aliphatic carbocycles. The molecule has 0 spiro atoms. The van der Waals surface area contributed by atoms with E-state index in [2.05, 4.69) is 24.3 Å². The van der Waals surface area contributed by atoms with Crippen molar-refractivity contribution in [2.45, 2.75) is 37.8 Å². The van der Waals surface area contributed by atoms with Crippen LogP contribution in [0.25, 0.3) is 10.8 Å². The van der Waals surface area contributed by atoms with Gasteiger partial charge in [0.15, 0.2) is 0 Å². The van der Waals surface area contributed by atoms with Crippen LogP contribution in [-0.4, -0.2) is 19.8 Å². The molecule has 3 nitrogen and oxygen atoms in total. The van der Waals surface area contributed by atoms with Gasteiger partial charge in [-0.15, -0.1) is 0 Å². The average molecular weight is 285 g/mol. The van der Waals surface area contributed by atoms with Crippen molar-refractivity contribution >= 4 is 10.8 Å². The predicted molar refractivity (Wildman–Crippen MR) is 85.6 cm³/mol. The monoisotopic (exact) mass is 285 g/mol. The van der Waals surface area contributed by atoms with Gasteiger partial charge >= 0.3 is 0 Å². The molecule has 2 N–H and O–H groups in total. The Morgan fingerprint density at radius 1 is 1.24 bits per heavy atom. The van der Waals surface area contributed by atoms with Crippen LogP contribution < -0.4 is 10.5 Å². The van der Waals surface area contributed by atoms with Gasteiger partial charge in [-0.1, -0.05) is 30.3 Å². The van der Waals surface area contributed by atoms with Crippen molar-refractivity contribution in [2.75, 3.05) is 13.7 Å². The number of benzene rings is 2. The van der Waals surface area contributed by atoms with E-state index in [9.17, 15) is 0 Å². The summed E-state index contributed by atoms with van der Waals surface area (Å²) in [5, 5.41) is 2.32. The summed E-state index contributed by atoms with van der Waals surface area (Å²) in [7, 11) is 1.71. The largest absolute Gasteiger partial charge is 0.496 e. The second kappa shape index (κ2) is 6.46. The van der Waals surface area contributed by atoms with Crippen molar-refractivity contribution in [3.8, 4) is 5.75 Å². The van der Waals surface area contributed by atoms with Crippen LogP contribution in [0.4, 0.5) is 0 Å². The molecule has 2 atom stereocenters. The van der Waals surface area contributed by atoms with Gasteiger partial charge in [0.2, 0.25) is 0 Å². The average Bonchev–Trinajstić information content (AvgIpc) is 3.05. The third-order valence-electron chi connectivity index (χ3n) is 4.36. The fraction of sp³-hybridized carbons (Fsp3) is 0.444. The smallest absolute Gasteiger partial charge is 0.126 e. The molecule has 0 bridgehead atoms. The summed E-state index contributed by atoms with van der Waals surface area (Å²) in [5.41, 5.74) is 7.63. The highest BCUT2D eigenvalue weighted by Gasteiger charge is 2.18. The standard InChI is InChI=1S/C18H23NO2/c1-20-18-11-9-15(14-6-2-3-7-16(14)18)17(19)10-8-13-5-4-12-21-13/h2-3,6-7,9,11,13,17H,4-5,8,10,12,19H2,1H3. The molecule has 112 valence electrons. The fourth-order valence-corrected chi connectivity index (χ4v) is 3.19. The van der Waals surface area contributed by atoms with Gasteiger partial charge in [-0.2, -0.15) is 0 Å². The lowest BCUT2D eigenvalue weighted by Gasteiger charge is -2.18. The minimum atomic E-state index is 0.0463. The van der Waals surface area contributed by atoms with Gasteiger partial charge in [-0.25, -0.2) is 0 Å². The third-order valence-corrected chi connectivity index (χ3v) is 4.36. The molecule has 1 aliphatic rings. The van der Waals surface area contributed by atoms with E-state index >= 15 is 0 Å². The van der Waals surface area contributed by atoms with Crippen molar-refractivity contribution in [1.82, 2.24) is 0 Å². The highest BCUT2D eigenvalue weighted by Crippen LogP contribution is 2.32.